The monoisotopic (exact) mass is 646 g/mol. The lowest BCUT2D eigenvalue weighted by Crippen LogP contribution is -2.20. The fourth-order valence-electron chi connectivity index (χ4n) is 5.37. The molecule has 0 radical (unpaired) electrons. The van der Waals surface area contributed by atoms with E-state index in [0.29, 0.717) is 0 Å². The van der Waals surface area contributed by atoms with Gasteiger partial charge in [0.1, 0.15) is 0 Å². The van der Waals surface area contributed by atoms with Crippen LogP contribution >= 0.6 is 7.37 Å². The zero-order valence-electron chi connectivity index (χ0n) is 31.1. The van der Waals surface area contributed by atoms with Crippen molar-refractivity contribution in [3.05, 3.63) is 55.3 Å². The van der Waals surface area contributed by atoms with Gasteiger partial charge < -0.3 is 9.09 Å². The molecule has 0 aromatic heterocycles. The van der Waals surface area contributed by atoms with Crippen LogP contribution in [0.25, 0.3) is 0 Å². The van der Waals surface area contributed by atoms with Gasteiger partial charge in [0.2, 0.25) is 0 Å². The van der Waals surface area contributed by atoms with Gasteiger partial charge in [-0.3, -0.25) is 6.66 Å². The summed E-state index contributed by atoms with van der Waals surface area (Å²) in [5.74, 6) is 0. The van der Waals surface area contributed by atoms with Crippen molar-refractivity contribution in [2.75, 3.05) is 0 Å². The second kappa shape index (κ2) is 31.7. The molecule has 0 bridgehead atoms. The Bertz CT molecular complexity index is 737. The van der Waals surface area contributed by atoms with Crippen molar-refractivity contribution in [2.24, 2.45) is 0 Å². The third-order valence-corrected chi connectivity index (χ3v) is 11.5. The molecule has 45 heavy (non-hydrogen) atoms. The van der Waals surface area contributed by atoms with Crippen LogP contribution in [0.4, 0.5) is 0 Å². The Hall–Kier alpha value is -0.850. The molecule has 0 heterocycles. The van der Waals surface area contributed by atoms with Gasteiger partial charge in [0.05, 0.1) is 13.5 Å². The second-order valence-corrected chi connectivity index (χ2v) is 17.2. The van der Waals surface area contributed by atoms with Crippen LogP contribution in [0.3, 0.4) is 0 Å². The van der Waals surface area contributed by atoms with Crippen LogP contribution in [0.5, 0.6) is 0 Å². The van der Waals surface area contributed by atoms with Crippen LogP contribution in [0.1, 0.15) is 202 Å². The summed E-state index contributed by atoms with van der Waals surface area (Å²) >= 11 is 0. The van der Waals surface area contributed by atoms with E-state index >= 15 is 0 Å². The normalized spacial score (nSPS) is 14.3. The van der Waals surface area contributed by atoms with Crippen LogP contribution < -0.4 is 0 Å². The van der Waals surface area contributed by atoms with Gasteiger partial charge in [0.15, 0.2) is 0 Å². The van der Waals surface area contributed by atoms with E-state index in [1.165, 1.54) is 141 Å². The predicted octanol–water partition coefficient (Wildman–Crippen LogP) is 15.6. The lowest BCUT2D eigenvalue weighted by molar-refractivity contribution is 0.172. The SMILES string of the molecule is [CH2-]P(=O)(OC(CCCCCCCC/C=C\C/C=C\CCCCC)CCCCCCCC/C=C\C/C=C\CCCCC)C(C)(C)C. The van der Waals surface area contributed by atoms with Gasteiger partial charge >= 0.3 is 0 Å². The molecule has 2 nitrogen and oxygen atoms in total. The Morgan fingerprint density at radius 1 is 0.511 bits per heavy atom. The molecule has 0 N–H and O–H groups in total. The summed E-state index contributed by atoms with van der Waals surface area (Å²) in [5.41, 5.74) is 0. The maximum Gasteiger partial charge on any atom is 0.0708 e. The summed E-state index contributed by atoms with van der Waals surface area (Å²) in [6, 6.07) is 0. The lowest BCUT2D eigenvalue weighted by atomic mass is 10.0. The van der Waals surface area contributed by atoms with Gasteiger partial charge in [-0.05, 0) is 77.0 Å². The molecule has 0 fully saturated rings. The highest BCUT2D eigenvalue weighted by atomic mass is 31.2. The number of unbranched alkanes of at least 4 members (excludes halogenated alkanes) is 18. The standard InChI is InChI=1S/C42H78O2P/c1-7-9-11-13-15-17-19-21-23-25-27-29-31-33-35-37-39-41(44-45(6,43)42(3,4)5)40-38-36-34-32-30-28-26-24-22-20-18-16-14-12-10-8-2/h15-18,21-24,41H,6-14,19-20,25-40H2,1-5H3/q-1/b17-15-,18-16-,23-21-,24-22-. The molecular formula is C42H78O2P-. The highest BCUT2D eigenvalue weighted by molar-refractivity contribution is 7.61. The molecule has 0 aliphatic carbocycles. The number of hydrogen-bond acceptors (Lipinski definition) is 2. The molecule has 0 aromatic carbocycles. The van der Waals surface area contributed by atoms with E-state index in [9.17, 15) is 4.57 Å². The molecule has 0 saturated heterocycles. The largest absolute Gasteiger partial charge is 0.349 e. The smallest absolute Gasteiger partial charge is 0.0708 e. The summed E-state index contributed by atoms with van der Waals surface area (Å²) < 4.78 is 19.5. The quantitative estimate of drug-likeness (QED) is 0.0315. The van der Waals surface area contributed by atoms with Crippen molar-refractivity contribution in [2.45, 2.75) is 213 Å². The van der Waals surface area contributed by atoms with Gasteiger partial charge in [0, 0.05) is 5.16 Å². The Balaban J connectivity index is 4.05. The van der Waals surface area contributed by atoms with E-state index in [4.69, 9.17) is 4.52 Å². The molecule has 0 aromatic rings. The van der Waals surface area contributed by atoms with Crippen molar-refractivity contribution >= 4 is 7.37 Å². The fourth-order valence-corrected chi connectivity index (χ4v) is 6.38. The van der Waals surface area contributed by atoms with E-state index in [2.05, 4.69) is 69.1 Å². The lowest BCUT2D eigenvalue weighted by Gasteiger charge is -2.37. The van der Waals surface area contributed by atoms with Crippen molar-refractivity contribution in [3.63, 3.8) is 0 Å². The zero-order valence-corrected chi connectivity index (χ0v) is 31.9. The second-order valence-electron chi connectivity index (χ2n) is 14.3. The van der Waals surface area contributed by atoms with Gasteiger partial charge in [-0.1, -0.05) is 173 Å². The molecule has 0 spiro atoms. The summed E-state index contributed by atoms with van der Waals surface area (Å²) in [7, 11) is -2.89. The predicted molar refractivity (Wildman–Crippen MR) is 206 cm³/mol. The molecule has 0 saturated carbocycles. The average molecular weight is 646 g/mol. The summed E-state index contributed by atoms with van der Waals surface area (Å²) in [6.07, 6.45) is 51.1. The maximum atomic E-state index is 13.2. The van der Waals surface area contributed by atoms with E-state index in [1.54, 1.807) is 0 Å². The first-order chi connectivity index (χ1) is 21.7. The summed E-state index contributed by atoms with van der Waals surface area (Å²) in [5, 5.41) is -0.399. The van der Waals surface area contributed by atoms with Gasteiger partial charge in [-0.2, -0.15) is 0 Å². The number of allylic oxidation sites excluding steroid dienone is 8. The zero-order chi connectivity index (χ0) is 33.3. The fraction of sp³-hybridized carbons (Fsp3) is 0.786. The maximum absolute atomic E-state index is 13.2. The van der Waals surface area contributed by atoms with Crippen molar-refractivity contribution in [3.8, 4) is 0 Å². The molecular weight excluding hydrogens is 567 g/mol. The number of hydrogen-bond donors (Lipinski definition) is 0. The summed E-state index contributed by atoms with van der Waals surface area (Å²) in [4.78, 5) is 0. The third kappa shape index (κ3) is 30.2. The van der Waals surface area contributed by atoms with Crippen LogP contribution in [0.2, 0.25) is 0 Å². The molecule has 264 valence electrons. The van der Waals surface area contributed by atoms with Crippen molar-refractivity contribution in [1.82, 2.24) is 0 Å². The molecule has 0 aliphatic heterocycles. The third-order valence-electron chi connectivity index (χ3n) is 8.79. The minimum atomic E-state index is -2.89. The minimum Gasteiger partial charge on any atom is -0.349 e. The molecule has 3 heteroatoms. The first kappa shape index (κ1) is 44.1. The first-order valence-electron chi connectivity index (χ1n) is 19.5. The summed E-state index contributed by atoms with van der Waals surface area (Å²) in [6.45, 7) is 14.6. The number of rotatable bonds is 32. The van der Waals surface area contributed by atoms with Crippen molar-refractivity contribution < 1.29 is 9.09 Å². The van der Waals surface area contributed by atoms with E-state index < -0.39 is 12.5 Å². The van der Waals surface area contributed by atoms with Crippen LogP contribution in [0, 0.1) is 6.66 Å². The Morgan fingerprint density at radius 3 is 1.16 bits per heavy atom. The Morgan fingerprint density at radius 2 is 0.822 bits per heavy atom. The molecule has 0 aliphatic rings. The molecule has 1 unspecified atom stereocenters. The van der Waals surface area contributed by atoms with Crippen LogP contribution in [0.15, 0.2) is 48.6 Å². The average Bonchev–Trinajstić information content (AvgIpc) is 2.99. The van der Waals surface area contributed by atoms with Gasteiger partial charge in [0.25, 0.3) is 0 Å². The van der Waals surface area contributed by atoms with Gasteiger partial charge in [-0.25, -0.2) is 0 Å². The first-order valence-corrected chi connectivity index (χ1v) is 21.3. The topological polar surface area (TPSA) is 26.3 Å². The molecule has 1 atom stereocenters. The molecule has 0 rings (SSSR count). The molecule has 0 amide bonds. The van der Waals surface area contributed by atoms with E-state index in [0.717, 1.165) is 25.7 Å². The Labute approximate surface area is 283 Å². The van der Waals surface area contributed by atoms with E-state index in [1.807, 2.05) is 20.8 Å². The van der Waals surface area contributed by atoms with Gasteiger partial charge in [-0.15, -0.1) is 0 Å². The van der Waals surface area contributed by atoms with Crippen LogP contribution in [-0.4, -0.2) is 11.3 Å². The Kier molecular flexibility index (Phi) is 31.1. The van der Waals surface area contributed by atoms with E-state index in [-0.39, 0.29) is 6.10 Å². The van der Waals surface area contributed by atoms with Crippen molar-refractivity contribution in [1.29, 1.82) is 0 Å². The minimum absolute atomic E-state index is 0.0872. The highest BCUT2D eigenvalue weighted by Crippen LogP contribution is 2.58. The van der Waals surface area contributed by atoms with Crippen LogP contribution in [-0.2, 0) is 9.09 Å². The highest BCUT2D eigenvalue weighted by Gasteiger charge is 2.29.